The van der Waals surface area contributed by atoms with Crippen molar-refractivity contribution >= 4 is 5.97 Å². The number of rotatable bonds is 6. The lowest BCUT2D eigenvalue weighted by molar-refractivity contribution is -0.147. The van der Waals surface area contributed by atoms with E-state index in [4.69, 9.17) is 4.74 Å². The van der Waals surface area contributed by atoms with Gasteiger partial charge >= 0.3 is 5.97 Å². The molecule has 0 bridgehead atoms. The van der Waals surface area contributed by atoms with Crippen molar-refractivity contribution in [2.75, 3.05) is 20.7 Å². The van der Waals surface area contributed by atoms with Crippen molar-refractivity contribution in [3.8, 4) is 0 Å². The summed E-state index contributed by atoms with van der Waals surface area (Å²) in [6, 6.07) is 0.120. The molecule has 1 rings (SSSR count). The minimum Gasteiger partial charge on any atom is -0.463 e. The Morgan fingerprint density at radius 1 is 1.38 bits per heavy atom. The summed E-state index contributed by atoms with van der Waals surface area (Å²) in [5, 5.41) is 1.91. The van der Waals surface area contributed by atoms with E-state index in [0.717, 1.165) is 25.7 Å². The molecule has 16 heavy (non-hydrogen) atoms. The highest BCUT2D eigenvalue weighted by Gasteiger charge is 2.51. The molecule has 0 radical (unpaired) electrons. The fraction of sp³-hybridized carbons (Fsp3) is 0.917. The zero-order valence-electron chi connectivity index (χ0n) is 10.9. The van der Waals surface area contributed by atoms with E-state index in [1.807, 2.05) is 19.1 Å². The van der Waals surface area contributed by atoms with Crippen LogP contribution in [0.1, 0.15) is 39.5 Å². The van der Waals surface area contributed by atoms with Gasteiger partial charge in [-0.1, -0.05) is 26.7 Å². The van der Waals surface area contributed by atoms with E-state index < -0.39 is 0 Å². The Kier molecular flexibility index (Phi) is 4.74. The van der Waals surface area contributed by atoms with Gasteiger partial charge < -0.3 is 4.74 Å². The van der Waals surface area contributed by atoms with Crippen molar-refractivity contribution < 1.29 is 9.53 Å². The highest BCUT2D eigenvalue weighted by atomic mass is 16.5. The average Bonchev–Trinajstić information content (AvgIpc) is 2.48. The van der Waals surface area contributed by atoms with E-state index in [2.05, 4.69) is 19.3 Å². The molecule has 1 saturated heterocycles. The molecule has 1 N–H and O–H groups in total. The molecule has 0 aromatic heterocycles. The standard InChI is InChI=1S/C12H24N2O2/c1-5-7-12(8-6-2)10(13-14(3)4)9-16-11(12)15/h10,13H,5-9H2,1-4H3/t10-/m1/s1. The number of cyclic esters (lactones) is 1. The first-order valence-corrected chi connectivity index (χ1v) is 6.17. The predicted molar refractivity (Wildman–Crippen MR) is 63.8 cm³/mol. The molecular formula is C12H24N2O2. The van der Waals surface area contributed by atoms with Crippen molar-refractivity contribution in [1.82, 2.24) is 10.4 Å². The fourth-order valence-corrected chi connectivity index (χ4v) is 2.65. The number of nitrogens with one attached hydrogen (secondary N) is 1. The van der Waals surface area contributed by atoms with Gasteiger partial charge in [-0.15, -0.1) is 0 Å². The lowest BCUT2D eigenvalue weighted by Crippen LogP contribution is -2.51. The number of hydrogen-bond acceptors (Lipinski definition) is 4. The van der Waals surface area contributed by atoms with E-state index in [9.17, 15) is 4.79 Å². The molecule has 1 aliphatic rings. The van der Waals surface area contributed by atoms with E-state index in [1.54, 1.807) is 0 Å². The average molecular weight is 228 g/mol. The van der Waals surface area contributed by atoms with Crippen LogP contribution in [0, 0.1) is 5.41 Å². The van der Waals surface area contributed by atoms with Crippen LogP contribution in [0.2, 0.25) is 0 Å². The van der Waals surface area contributed by atoms with Crippen LogP contribution in [0.5, 0.6) is 0 Å². The van der Waals surface area contributed by atoms with Crippen LogP contribution in [0.4, 0.5) is 0 Å². The van der Waals surface area contributed by atoms with Gasteiger partial charge in [-0.2, -0.15) is 0 Å². The molecule has 1 fully saturated rings. The van der Waals surface area contributed by atoms with Crippen molar-refractivity contribution in [1.29, 1.82) is 0 Å². The first-order valence-electron chi connectivity index (χ1n) is 6.17. The topological polar surface area (TPSA) is 41.6 Å². The summed E-state index contributed by atoms with van der Waals surface area (Å²) >= 11 is 0. The van der Waals surface area contributed by atoms with Gasteiger partial charge in [-0.05, 0) is 12.8 Å². The molecule has 4 nitrogen and oxygen atoms in total. The molecule has 0 aliphatic carbocycles. The van der Waals surface area contributed by atoms with Crippen LogP contribution >= 0.6 is 0 Å². The SMILES string of the molecule is CCCC1(CCC)C(=O)OC[C@H]1NN(C)C. The Balaban J connectivity index is 2.84. The van der Waals surface area contributed by atoms with Crippen LogP contribution in [-0.2, 0) is 9.53 Å². The smallest absolute Gasteiger partial charge is 0.313 e. The van der Waals surface area contributed by atoms with Gasteiger partial charge in [0.25, 0.3) is 0 Å². The van der Waals surface area contributed by atoms with E-state index in [0.29, 0.717) is 6.61 Å². The number of hydrogen-bond donors (Lipinski definition) is 1. The van der Waals surface area contributed by atoms with E-state index in [-0.39, 0.29) is 17.4 Å². The molecule has 1 atom stereocenters. The van der Waals surface area contributed by atoms with Gasteiger partial charge in [-0.3, -0.25) is 9.80 Å². The highest BCUT2D eigenvalue weighted by Crippen LogP contribution is 2.39. The molecule has 1 aliphatic heterocycles. The number of ether oxygens (including phenoxy) is 1. The molecule has 94 valence electrons. The van der Waals surface area contributed by atoms with Crippen molar-refractivity contribution in [3.63, 3.8) is 0 Å². The van der Waals surface area contributed by atoms with Crippen LogP contribution in [0.25, 0.3) is 0 Å². The van der Waals surface area contributed by atoms with Gasteiger partial charge in [-0.25, -0.2) is 5.43 Å². The van der Waals surface area contributed by atoms with Gasteiger partial charge in [0.15, 0.2) is 0 Å². The molecule has 0 unspecified atom stereocenters. The summed E-state index contributed by atoms with van der Waals surface area (Å²) in [5.74, 6) is -0.0180. The summed E-state index contributed by atoms with van der Waals surface area (Å²) in [4.78, 5) is 12.0. The summed E-state index contributed by atoms with van der Waals surface area (Å²) < 4.78 is 5.26. The molecular weight excluding hydrogens is 204 g/mol. The summed E-state index contributed by atoms with van der Waals surface area (Å²) in [5.41, 5.74) is 3.01. The maximum Gasteiger partial charge on any atom is 0.313 e. The van der Waals surface area contributed by atoms with Crippen molar-refractivity contribution in [2.45, 2.75) is 45.6 Å². The number of esters is 1. The normalized spacial score (nSPS) is 23.8. The van der Waals surface area contributed by atoms with E-state index in [1.165, 1.54) is 0 Å². The minimum atomic E-state index is -0.312. The van der Waals surface area contributed by atoms with Crippen LogP contribution in [0.15, 0.2) is 0 Å². The molecule has 4 heteroatoms. The fourth-order valence-electron chi connectivity index (χ4n) is 2.65. The first-order chi connectivity index (χ1) is 7.56. The lowest BCUT2D eigenvalue weighted by atomic mass is 9.75. The lowest BCUT2D eigenvalue weighted by Gasteiger charge is -2.32. The van der Waals surface area contributed by atoms with Crippen LogP contribution in [0.3, 0.4) is 0 Å². The highest BCUT2D eigenvalue weighted by molar-refractivity contribution is 5.80. The Morgan fingerprint density at radius 2 is 1.94 bits per heavy atom. The summed E-state index contributed by atoms with van der Waals surface area (Å²) in [7, 11) is 3.90. The van der Waals surface area contributed by atoms with Crippen LogP contribution in [-0.4, -0.2) is 37.7 Å². The molecule has 0 aromatic carbocycles. The van der Waals surface area contributed by atoms with Crippen molar-refractivity contribution in [3.05, 3.63) is 0 Å². The van der Waals surface area contributed by atoms with E-state index >= 15 is 0 Å². The molecule has 1 heterocycles. The number of hydrazine groups is 1. The Bertz CT molecular complexity index is 235. The Morgan fingerprint density at radius 3 is 2.38 bits per heavy atom. The predicted octanol–water partition coefficient (Wildman–Crippen LogP) is 1.56. The Hall–Kier alpha value is -0.610. The molecule has 0 saturated carbocycles. The van der Waals surface area contributed by atoms with Gasteiger partial charge in [0.1, 0.15) is 6.61 Å². The maximum absolute atomic E-state index is 12.0. The zero-order chi connectivity index (χ0) is 12.2. The van der Waals surface area contributed by atoms with Gasteiger partial charge in [0.2, 0.25) is 0 Å². The molecule has 0 spiro atoms. The first kappa shape index (κ1) is 13.5. The van der Waals surface area contributed by atoms with Gasteiger partial charge in [0.05, 0.1) is 11.5 Å². The second-order valence-corrected chi connectivity index (χ2v) is 4.83. The number of nitrogens with zero attached hydrogens (tertiary/aromatic N) is 1. The second kappa shape index (κ2) is 5.64. The minimum absolute atomic E-state index is 0.0180. The van der Waals surface area contributed by atoms with Crippen LogP contribution < -0.4 is 5.43 Å². The third kappa shape index (κ3) is 2.55. The maximum atomic E-state index is 12.0. The number of carbonyl (C=O) groups is 1. The second-order valence-electron chi connectivity index (χ2n) is 4.83. The largest absolute Gasteiger partial charge is 0.463 e. The number of carbonyl (C=O) groups excluding carboxylic acids is 1. The third-order valence-corrected chi connectivity index (χ3v) is 3.26. The van der Waals surface area contributed by atoms with Crippen molar-refractivity contribution in [2.24, 2.45) is 5.41 Å². The monoisotopic (exact) mass is 228 g/mol. The van der Waals surface area contributed by atoms with Gasteiger partial charge in [0, 0.05) is 14.1 Å². The summed E-state index contributed by atoms with van der Waals surface area (Å²) in [6.45, 7) is 4.74. The summed E-state index contributed by atoms with van der Waals surface area (Å²) in [6.07, 6.45) is 3.85. The quantitative estimate of drug-likeness (QED) is 0.553. The molecule has 0 amide bonds. The molecule has 0 aromatic rings. The third-order valence-electron chi connectivity index (χ3n) is 3.26. The Labute approximate surface area is 98.3 Å². The zero-order valence-corrected chi connectivity index (χ0v) is 10.9.